The second-order valence-electron chi connectivity index (χ2n) is 24.9. The summed E-state index contributed by atoms with van der Waals surface area (Å²) in [6, 6.07) is 0. The molecule has 2 fully saturated rings. The lowest BCUT2D eigenvalue weighted by Gasteiger charge is -2.46. The van der Waals surface area contributed by atoms with E-state index in [-0.39, 0.29) is 0 Å². The van der Waals surface area contributed by atoms with Crippen molar-refractivity contribution in [1.29, 1.82) is 0 Å². The lowest BCUT2D eigenvalue weighted by molar-refractivity contribution is 0.238. The van der Waals surface area contributed by atoms with Crippen molar-refractivity contribution in [2.24, 2.45) is 4.66 Å². The average Bonchev–Trinajstić information content (AvgIpc) is 3.23. The van der Waals surface area contributed by atoms with Crippen molar-refractivity contribution < 1.29 is 57.9 Å². The minimum absolute atomic E-state index is 1.58. The van der Waals surface area contributed by atoms with E-state index in [2.05, 4.69) is 188 Å². The normalized spacial score (nSPS) is 26.1. The molecule has 1 atom stereocenters. The Hall–Kier alpha value is 0.240. The van der Waals surface area contributed by atoms with Gasteiger partial charge in [0.05, 0.1) is 0 Å². The Morgan fingerprint density at radius 2 is 0.513 bits per heavy atom. The molecule has 2 saturated heterocycles. The average molecular weight is 1370 g/mol. The Balaban J connectivity index is -0.000000922. The van der Waals surface area contributed by atoms with E-state index in [0.29, 0.717) is 0 Å². The van der Waals surface area contributed by atoms with Crippen LogP contribution in [0.2, 0.25) is 177 Å². The van der Waals surface area contributed by atoms with Gasteiger partial charge in [-0.25, -0.2) is 0 Å². The smallest absolute Gasteiger partial charge is 0.449 e. The highest BCUT2D eigenvalue weighted by Gasteiger charge is 2.54. The molecule has 2 heterocycles. The fourth-order valence-electron chi connectivity index (χ4n) is 7.72. The molecule has 0 saturated carbocycles. The van der Waals surface area contributed by atoms with Crippen LogP contribution in [-0.2, 0) is 57.9 Å². The topological polar surface area (TPSA) is 142 Å². The highest BCUT2D eigenvalue weighted by Crippen LogP contribution is 2.34. The maximum Gasteiger partial charge on any atom is 0.455 e. The van der Waals surface area contributed by atoms with Gasteiger partial charge < -0.3 is 57.9 Å². The van der Waals surface area contributed by atoms with Gasteiger partial charge in [-0.1, -0.05) is 51.3 Å². The molecule has 1 unspecified atom stereocenters. The molecule has 0 aliphatic carbocycles. The Morgan fingerprint density at radius 1 is 0.308 bits per heavy atom. The molecule has 0 bridgehead atoms. The second-order valence-corrected chi connectivity index (χ2v) is 82.7. The van der Waals surface area contributed by atoms with E-state index in [4.69, 9.17) is 57.9 Å². The van der Waals surface area contributed by atoms with Crippen LogP contribution in [0.25, 0.3) is 0 Å². The predicted molar refractivity (Wildman–Crippen MR) is 373 cm³/mol. The fourth-order valence-corrected chi connectivity index (χ4v) is 73.3. The molecule has 454 valence electrons. The lowest BCUT2D eigenvalue weighted by Crippen LogP contribution is -2.65. The zero-order valence-electron chi connectivity index (χ0n) is 54.4. The summed E-state index contributed by atoms with van der Waals surface area (Å²) in [6.07, 6.45) is 0. The summed E-state index contributed by atoms with van der Waals surface area (Å²) in [4.78, 5) is 0. The van der Waals surface area contributed by atoms with Crippen LogP contribution in [-0.4, -0.2) is 150 Å². The third kappa shape index (κ3) is 34.9. The van der Waals surface area contributed by atoms with Gasteiger partial charge >= 0.3 is 94.3 Å². The third-order valence-electron chi connectivity index (χ3n) is 10.7. The van der Waals surface area contributed by atoms with Gasteiger partial charge in [-0.2, -0.15) is 0 Å². The summed E-state index contributed by atoms with van der Waals surface area (Å²) in [5.74, 6) is 0. The summed E-state index contributed by atoms with van der Waals surface area (Å²) in [6.45, 7) is 93.6. The number of rotatable bonds is 21. The molecule has 0 N–H and O–H groups in total. The molecule has 15 nitrogen and oxygen atoms in total. The van der Waals surface area contributed by atoms with Crippen LogP contribution < -0.4 is 0 Å². The molecule has 0 aromatic heterocycles. The molecule has 2 aliphatic rings. The number of hydrogen-bond acceptors (Lipinski definition) is 15. The SMILES string of the molecule is C=C[Si](C)(C)O[Si](C)(C)C=C.C=C[Si](C)(C)O[Si](C)(C)OC.C=C[Si](C)(C)O[Si](C)(C)O[Si](C)(N=C)O[Si](C)(C)C=C.C=C[Si]1(C)O[Si](C)(C=C)O[Si](C)(C=C)O[Si](C)(C=C)O1.C[Si]1(C)O[Si](C)(C)O[Si](C)(C)O[Si](C)(C)O1. The van der Waals surface area contributed by atoms with Gasteiger partial charge in [-0.05, 0) is 183 Å². The van der Waals surface area contributed by atoms with Crippen molar-refractivity contribution in [3.8, 4) is 0 Å². The molecule has 0 amide bonds. The van der Waals surface area contributed by atoms with Crippen LogP contribution in [0, 0.1) is 0 Å². The van der Waals surface area contributed by atoms with Crippen molar-refractivity contribution in [3.05, 3.63) is 111 Å². The lowest BCUT2D eigenvalue weighted by atomic mass is 11.3. The summed E-state index contributed by atoms with van der Waals surface area (Å²) >= 11 is 0. The highest BCUT2D eigenvalue weighted by atomic mass is 28.5. The minimum Gasteiger partial charge on any atom is -0.449 e. The molecule has 31 heteroatoms. The van der Waals surface area contributed by atoms with E-state index in [0.717, 1.165) is 0 Å². The van der Waals surface area contributed by atoms with Gasteiger partial charge in [0.2, 0.25) is 8.32 Å². The van der Waals surface area contributed by atoms with Crippen molar-refractivity contribution in [1.82, 2.24) is 0 Å². The Labute approximate surface area is 495 Å². The Kier molecular flexibility index (Phi) is 32.8. The first kappa shape index (κ1) is 82.5. The summed E-state index contributed by atoms with van der Waals surface area (Å²) in [7, 11) is -32.7. The monoisotopic (exact) mass is 1360 g/mol. The first-order valence-corrected chi connectivity index (χ1v) is 69.9. The second kappa shape index (κ2) is 31.1. The van der Waals surface area contributed by atoms with Gasteiger partial charge in [-0.15, -0.1) is 59.2 Å². The summed E-state index contributed by atoms with van der Waals surface area (Å²) in [5.41, 5.74) is 16.7. The largest absolute Gasteiger partial charge is 0.455 e. The molecule has 0 radical (unpaired) electrons. The molecule has 2 rings (SSSR count). The molecule has 78 heavy (non-hydrogen) atoms. The predicted octanol–water partition coefficient (Wildman–Crippen LogP) is 15.1. The van der Waals surface area contributed by atoms with E-state index >= 15 is 0 Å². The molecule has 0 aromatic rings. The van der Waals surface area contributed by atoms with E-state index in [1.807, 2.05) is 87.4 Å². The fraction of sp³-hybridized carbons (Fsp3) is 0.596. The minimum atomic E-state index is -2.70. The highest BCUT2D eigenvalue weighted by molar-refractivity contribution is 6.99. The van der Waals surface area contributed by atoms with Crippen LogP contribution in [0.3, 0.4) is 0 Å². The molecular weight excluding hydrogens is 1250 g/mol. The van der Waals surface area contributed by atoms with Gasteiger partial charge in [0, 0.05) is 7.11 Å². The summed E-state index contributed by atoms with van der Waals surface area (Å²) < 4.78 is 89.5. The van der Waals surface area contributed by atoms with Crippen molar-refractivity contribution in [2.75, 3.05) is 7.11 Å². The van der Waals surface area contributed by atoms with Crippen LogP contribution in [0.5, 0.6) is 0 Å². The van der Waals surface area contributed by atoms with E-state index in [1.54, 1.807) is 29.9 Å². The maximum atomic E-state index is 6.25. The van der Waals surface area contributed by atoms with E-state index < -0.39 is 136 Å². The van der Waals surface area contributed by atoms with Crippen LogP contribution in [0.1, 0.15) is 0 Å². The number of hydrogen-bond donors (Lipinski definition) is 0. The van der Waals surface area contributed by atoms with Crippen LogP contribution >= 0.6 is 0 Å². The Morgan fingerprint density at radius 3 is 0.705 bits per heavy atom. The molecule has 0 aromatic carbocycles. The van der Waals surface area contributed by atoms with Crippen molar-refractivity contribution in [3.63, 3.8) is 0 Å². The van der Waals surface area contributed by atoms with Gasteiger partial charge in [0.1, 0.15) is 0 Å². The van der Waals surface area contributed by atoms with Gasteiger partial charge in [0.15, 0.2) is 33.3 Å². The molecule has 2 aliphatic heterocycles. The van der Waals surface area contributed by atoms with Gasteiger partial charge in [0.25, 0.3) is 0 Å². The van der Waals surface area contributed by atoms with Crippen molar-refractivity contribution >= 4 is 143 Å². The molecule has 0 spiro atoms. The van der Waals surface area contributed by atoms with E-state index in [1.165, 1.54) is 0 Å². The summed E-state index contributed by atoms with van der Waals surface area (Å²) in [5, 5.41) is 0. The van der Waals surface area contributed by atoms with Crippen molar-refractivity contribution in [2.45, 2.75) is 177 Å². The Bertz CT molecular complexity index is 1860. The first-order valence-electron chi connectivity index (χ1n) is 26.2. The maximum absolute atomic E-state index is 6.25. The molecular formula is C47H113NO14Si16. The first-order chi connectivity index (χ1) is 34.4. The van der Waals surface area contributed by atoms with E-state index in [9.17, 15) is 0 Å². The third-order valence-corrected chi connectivity index (χ3v) is 68.3. The zero-order chi connectivity index (χ0) is 63.0. The standard InChI is InChI=1S/C12H29NO3Si4.C12H24O4Si4.C8H24O4Si4.C8H18OSi2.C7H18O2Si2/c1-11-17(4,5)14-19(8,9)16-20(10,13-3)15-18(6,7)12-2;1-9-17(5)13-18(6,10-2)15-20(8,12-4)16-19(7,11-3)14-17;1-13(2)9-14(3,4)11-16(7,8)12-15(5,6)10-13;2*1-7-10(3,4)9-11(5,6)8-2/h11-12H,1-3H2,4-10H3;9-12H,1-4H2,5-8H3;1-8H3;7-8H,1-2H2,3-6H3;7H,1H2,2-6H3. The number of nitrogens with zero attached hydrogens (tertiary/aromatic N) is 1. The van der Waals surface area contributed by atoms with Crippen LogP contribution in [0.4, 0.5) is 0 Å². The quantitative estimate of drug-likeness (QED) is 0.0795. The van der Waals surface area contributed by atoms with Crippen LogP contribution in [0.15, 0.2) is 115 Å². The zero-order valence-corrected chi connectivity index (χ0v) is 70.4. The van der Waals surface area contributed by atoms with Gasteiger partial charge in [-0.3, -0.25) is 4.66 Å².